The van der Waals surface area contributed by atoms with Crippen molar-refractivity contribution < 1.29 is 14.3 Å². The van der Waals surface area contributed by atoms with E-state index in [4.69, 9.17) is 15.2 Å². The van der Waals surface area contributed by atoms with Gasteiger partial charge in [0.15, 0.2) is 0 Å². The molecule has 0 aliphatic rings. The molecule has 88 valence electrons. The smallest absolute Gasteiger partial charge is 0.338 e. The Labute approximate surface area is 100 Å². The lowest BCUT2D eigenvalue weighted by Gasteiger charge is -2.08. The van der Waals surface area contributed by atoms with Gasteiger partial charge in [0, 0.05) is 11.3 Å². The van der Waals surface area contributed by atoms with Crippen LogP contribution in [0.15, 0.2) is 18.2 Å². The van der Waals surface area contributed by atoms with E-state index in [0.717, 1.165) is 5.56 Å². The normalized spacial score (nSPS) is 10.1. The molecule has 0 fully saturated rings. The molecule has 0 aromatic heterocycles. The van der Waals surface area contributed by atoms with Crippen molar-refractivity contribution >= 4 is 24.3 Å². The highest BCUT2D eigenvalue weighted by molar-refractivity contribution is 7.80. The first kappa shape index (κ1) is 12.9. The lowest BCUT2D eigenvalue weighted by atomic mass is 10.1. The first-order valence-corrected chi connectivity index (χ1v) is 5.56. The van der Waals surface area contributed by atoms with Crippen LogP contribution in [0.5, 0.6) is 0 Å². The maximum Gasteiger partial charge on any atom is 0.338 e. The fourth-order valence-electron chi connectivity index (χ4n) is 1.23. The molecular weight excluding hydrogens is 226 g/mol. The Morgan fingerprint density at radius 1 is 1.50 bits per heavy atom. The van der Waals surface area contributed by atoms with Crippen LogP contribution in [0.2, 0.25) is 0 Å². The highest BCUT2D eigenvalue weighted by Gasteiger charge is 2.09. The molecule has 16 heavy (non-hydrogen) atoms. The Morgan fingerprint density at radius 2 is 2.25 bits per heavy atom. The third-order valence-corrected chi connectivity index (χ3v) is 2.19. The van der Waals surface area contributed by atoms with E-state index >= 15 is 0 Å². The molecule has 0 heterocycles. The minimum Gasteiger partial charge on any atom is -0.462 e. The van der Waals surface area contributed by atoms with Crippen LogP contribution in [-0.2, 0) is 16.1 Å². The minimum absolute atomic E-state index is 0.309. The molecule has 4 nitrogen and oxygen atoms in total. The van der Waals surface area contributed by atoms with Crippen LogP contribution in [0.4, 0.5) is 5.69 Å². The number of nitrogens with two attached hydrogens (primary N) is 1. The molecule has 1 aromatic carbocycles. The van der Waals surface area contributed by atoms with Crippen molar-refractivity contribution in [1.29, 1.82) is 0 Å². The van der Waals surface area contributed by atoms with E-state index in [-0.39, 0.29) is 5.97 Å². The number of carbonyl (C=O) groups is 1. The molecule has 1 aromatic rings. The van der Waals surface area contributed by atoms with Crippen LogP contribution in [0.3, 0.4) is 0 Å². The monoisotopic (exact) mass is 241 g/mol. The topological polar surface area (TPSA) is 61.5 Å². The molecule has 0 spiro atoms. The van der Waals surface area contributed by atoms with E-state index in [2.05, 4.69) is 12.6 Å². The van der Waals surface area contributed by atoms with Crippen LogP contribution in [0.1, 0.15) is 22.8 Å². The van der Waals surface area contributed by atoms with Gasteiger partial charge < -0.3 is 15.2 Å². The molecule has 0 bridgehead atoms. The molecule has 0 aliphatic heterocycles. The zero-order chi connectivity index (χ0) is 12.0. The van der Waals surface area contributed by atoms with Gasteiger partial charge in [-0.05, 0) is 25.1 Å². The number of nitrogen functional groups attached to an aromatic ring is 1. The van der Waals surface area contributed by atoms with Gasteiger partial charge in [0.1, 0.15) is 0 Å². The molecular formula is C11H15NO3S. The quantitative estimate of drug-likeness (QED) is 0.357. The first-order valence-electron chi connectivity index (χ1n) is 4.93. The molecule has 0 radical (unpaired) electrons. The summed E-state index contributed by atoms with van der Waals surface area (Å²) < 4.78 is 10.0. The summed E-state index contributed by atoms with van der Waals surface area (Å²) in [7, 11) is 0. The van der Waals surface area contributed by atoms with Crippen molar-refractivity contribution in [3.05, 3.63) is 29.3 Å². The van der Waals surface area contributed by atoms with E-state index in [1.165, 1.54) is 0 Å². The Morgan fingerprint density at radius 3 is 2.88 bits per heavy atom. The molecule has 1 rings (SSSR count). The predicted octanol–water partition coefficient (Wildman–Crippen LogP) is 1.85. The highest BCUT2D eigenvalue weighted by Crippen LogP contribution is 2.16. The van der Waals surface area contributed by atoms with Gasteiger partial charge in [-0.1, -0.05) is 0 Å². The van der Waals surface area contributed by atoms with Gasteiger partial charge >= 0.3 is 5.97 Å². The van der Waals surface area contributed by atoms with Crippen molar-refractivity contribution in [2.45, 2.75) is 13.5 Å². The first-order chi connectivity index (χ1) is 7.69. The molecule has 5 heteroatoms. The van der Waals surface area contributed by atoms with Crippen LogP contribution in [-0.4, -0.2) is 18.5 Å². The molecule has 0 unspecified atom stereocenters. The molecule has 0 atom stereocenters. The van der Waals surface area contributed by atoms with Crippen molar-refractivity contribution in [3.63, 3.8) is 0 Å². The largest absolute Gasteiger partial charge is 0.462 e. The average molecular weight is 241 g/mol. The Bertz CT molecular complexity index is 368. The fraction of sp³-hybridized carbons (Fsp3) is 0.364. The average Bonchev–Trinajstić information content (AvgIpc) is 2.28. The van der Waals surface area contributed by atoms with Gasteiger partial charge in [0.2, 0.25) is 0 Å². The second-order valence-corrected chi connectivity index (χ2v) is 3.37. The van der Waals surface area contributed by atoms with Gasteiger partial charge in [-0.3, -0.25) is 0 Å². The SMILES string of the molecule is CCOC(=O)c1ccc(N)c(COCS)c1. The van der Waals surface area contributed by atoms with E-state index in [0.29, 0.717) is 30.4 Å². The van der Waals surface area contributed by atoms with Crippen LogP contribution in [0.25, 0.3) is 0 Å². The zero-order valence-electron chi connectivity index (χ0n) is 9.10. The Balaban J connectivity index is 2.84. The third-order valence-electron chi connectivity index (χ3n) is 2.00. The molecule has 0 amide bonds. The number of carbonyl (C=O) groups excluding carboxylic acids is 1. The predicted molar refractivity (Wildman–Crippen MR) is 65.5 cm³/mol. The summed E-state index contributed by atoms with van der Waals surface area (Å²) in [5.41, 5.74) is 7.58. The lowest BCUT2D eigenvalue weighted by Crippen LogP contribution is -2.06. The van der Waals surface area contributed by atoms with E-state index in [9.17, 15) is 4.79 Å². The molecule has 2 N–H and O–H groups in total. The molecule has 0 saturated carbocycles. The number of anilines is 1. The maximum absolute atomic E-state index is 11.5. The Kier molecular flexibility index (Phi) is 5.14. The van der Waals surface area contributed by atoms with Gasteiger partial charge in [0.05, 0.1) is 24.7 Å². The van der Waals surface area contributed by atoms with Crippen molar-refractivity contribution in [3.8, 4) is 0 Å². The summed E-state index contributed by atoms with van der Waals surface area (Å²) >= 11 is 3.93. The number of hydrogen-bond acceptors (Lipinski definition) is 5. The van der Waals surface area contributed by atoms with Crippen LogP contribution < -0.4 is 5.73 Å². The lowest BCUT2D eigenvalue weighted by molar-refractivity contribution is 0.0526. The second kappa shape index (κ2) is 6.40. The standard InChI is InChI=1S/C11H15NO3S/c1-2-15-11(13)8-3-4-10(12)9(5-8)6-14-7-16/h3-5,16H,2,6-7,12H2,1H3. The Hall–Kier alpha value is -1.20. The molecule has 0 aliphatic carbocycles. The second-order valence-electron chi connectivity index (χ2n) is 3.11. The molecule has 0 saturated heterocycles. The van der Waals surface area contributed by atoms with Gasteiger partial charge in [0.25, 0.3) is 0 Å². The van der Waals surface area contributed by atoms with E-state index in [1.54, 1.807) is 25.1 Å². The summed E-state index contributed by atoms with van der Waals surface area (Å²) in [4.78, 5) is 11.5. The summed E-state index contributed by atoms with van der Waals surface area (Å²) in [5.74, 6) is -0.0436. The number of esters is 1. The highest BCUT2D eigenvalue weighted by atomic mass is 32.1. The van der Waals surface area contributed by atoms with Crippen molar-refractivity contribution in [2.75, 3.05) is 18.3 Å². The number of ether oxygens (including phenoxy) is 2. The minimum atomic E-state index is -0.352. The number of thiol groups is 1. The summed E-state index contributed by atoms with van der Waals surface area (Å²) in [6.45, 7) is 2.45. The fourth-order valence-corrected chi connectivity index (χ4v) is 1.32. The summed E-state index contributed by atoms with van der Waals surface area (Å²) in [5, 5.41) is 0. The van der Waals surface area contributed by atoms with Crippen molar-refractivity contribution in [1.82, 2.24) is 0 Å². The van der Waals surface area contributed by atoms with Crippen molar-refractivity contribution in [2.24, 2.45) is 0 Å². The number of benzene rings is 1. The van der Waals surface area contributed by atoms with Gasteiger partial charge in [-0.2, -0.15) is 12.6 Å². The van der Waals surface area contributed by atoms with Gasteiger partial charge in [-0.25, -0.2) is 4.79 Å². The summed E-state index contributed by atoms with van der Waals surface area (Å²) in [6.07, 6.45) is 0. The summed E-state index contributed by atoms with van der Waals surface area (Å²) in [6, 6.07) is 4.98. The van der Waals surface area contributed by atoms with E-state index in [1.807, 2.05) is 0 Å². The van der Waals surface area contributed by atoms with Gasteiger partial charge in [-0.15, -0.1) is 0 Å². The van der Waals surface area contributed by atoms with Crippen LogP contribution >= 0.6 is 12.6 Å². The van der Waals surface area contributed by atoms with Crippen LogP contribution in [0, 0.1) is 0 Å². The van der Waals surface area contributed by atoms with E-state index < -0.39 is 0 Å². The maximum atomic E-state index is 11.5. The number of rotatable bonds is 5. The zero-order valence-corrected chi connectivity index (χ0v) is 10.00. The third kappa shape index (κ3) is 3.43. The number of hydrogen-bond donors (Lipinski definition) is 2.